The van der Waals surface area contributed by atoms with Gasteiger partial charge in [0.15, 0.2) is 11.6 Å². The van der Waals surface area contributed by atoms with Gasteiger partial charge in [0, 0.05) is 45.2 Å². The summed E-state index contributed by atoms with van der Waals surface area (Å²) in [6.45, 7) is 12.6. The van der Waals surface area contributed by atoms with E-state index in [1.54, 1.807) is 15.9 Å². The largest absolute Gasteiger partial charge is 0.456 e. The Kier molecular flexibility index (Phi) is 6.99. The minimum atomic E-state index is -4.57. The molecular weight excluding hydrogens is 519 g/mol. The molecule has 1 aromatic carbocycles. The molecule has 214 valence electrons. The van der Waals surface area contributed by atoms with E-state index in [4.69, 9.17) is 4.42 Å². The molecule has 1 aromatic heterocycles. The average molecular weight is 556 g/mol. The summed E-state index contributed by atoms with van der Waals surface area (Å²) in [6.07, 6.45) is -1.67. The molecule has 1 saturated heterocycles. The Morgan fingerprint density at radius 3 is 2.23 bits per heavy atom. The molecule has 1 fully saturated rings. The first kappa shape index (κ1) is 28.2. The van der Waals surface area contributed by atoms with Gasteiger partial charge in [-0.2, -0.15) is 13.2 Å². The summed E-state index contributed by atoms with van der Waals surface area (Å²) in [5.41, 5.74) is 4.50. The number of nitrogens with zero attached hydrogens (tertiary/aromatic N) is 3. The summed E-state index contributed by atoms with van der Waals surface area (Å²) in [4.78, 5) is 32.5. The lowest BCUT2D eigenvalue weighted by Crippen LogP contribution is -2.52. The Morgan fingerprint density at radius 1 is 1.00 bits per heavy atom. The van der Waals surface area contributed by atoms with Gasteiger partial charge in [0.2, 0.25) is 5.78 Å². The number of allylic oxidation sites excluding steroid dienone is 1. The third kappa shape index (κ3) is 5.34. The summed E-state index contributed by atoms with van der Waals surface area (Å²) < 4.78 is 44.7. The topological polar surface area (TPSA) is 66.1 Å². The average Bonchev–Trinajstić information content (AvgIpc) is 3.35. The lowest BCUT2D eigenvalue weighted by molar-refractivity contribution is -0.118. The molecule has 0 unspecified atom stereocenters. The van der Waals surface area contributed by atoms with Gasteiger partial charge in [0.05, 0.1) is 5.57 Å². The number of hydrogen-bond acceptors (Lipinski definition) is 5. The number of fused-ring (bicyclic) bond motifs is 1. The van der Waals surface area contributed by atoms with Crippen LogP contribution in [0.15, 0.2) is 45.4 Å². The van der Waals surface area contributed by atoms with Crippen molar-refractivity contribution in [2.45, 2.75) is 77.3 Å². The molecule has 0 atom stereocenters. The van der Waals surface area contributed by atoms with Gasteiger partial charge in [0.1, 0.15) is 5.76 Å². The second-order valence-electron chi connectivity index (χ2n) is 12.5. The first-order valence-corrected chi connectivity index (χ1v) is 13.8. The van der Waals surface area contributed by atoms with Crippen LogP contribution in [0.2, 0.25) is 0 Å². The fourth-order valence-electron chi connectivity index (χ4n) is 5.95. The zero-order valence-electron chi connectivity index (χ0n) is 23.7. The number of ketones is 1. The highest BCUT2D eigenvalue weighted by atomic mass is 19.4. The highest BCUT2D eigenvalue weighted by Gasteiger charge is 2.39. The number of aliphatic imine (C=N–C) groups is 1. The number of furan rings is 1. The molecule has 2 aromatic rings. The van der Waals surface area contributed by atoms with E-state index in [1.165, 1.54) is 22.3 Å². The number of Topliss-reactive ketones (excluding diaryl/α,β-unsaturated/α-hetero) is 1. The maximum atomic E-state index is 13.2. The molecule has 3 aliphatic rings. The molecular formula is C31H36F3N3O3. The third-order valence-electron chi connectivity index (χ3n) is 8.72. The summed E-state index contributed by atoms with van der Waals surface area (Å²) in [5, 5.41) is 0. The van der Waals surface area contributed by atoms with Crippen LogP contribution in [0.5, 0.6) is 0 Å². The summed E-state index contributed by atoms with van der Waals surface area (Å²) >= 11 is 0. The molecule has 0 bridgehead atoms. The van der Waals surface area contributed by atoms with Gasteiger partial charge < -0.3 is 14.2 Å². The van der Waals surface area contributed by atoms with Crippen LogP contribution in [0.1, 0.15) is 85.5 Å². The van der Waals surface area contributed by atoms with Gasteiger partial charge in [-0.15, -0.1) is 0 Å². The van der Waals surface area contributed by atoms with E-state index in [0.717, 1.165) is 19.0 Å². The zero-order valence-corrected chi connectivity index (χ0v) is 23.7. The predicted molar refractivity (Wildman–Crippen MR) is 147 cm³/mol. The molecule has 40 heavy (non-hydrogen) atoms. The Labute approximate surface area is 232 Å². The number of benzene rings is 1. The Hall–Kier alpha value is -3.36. The van der Waals surface area contributed by atoms with Gasteiger partial charge in [-0.05, 0) is 65.0 Å². The summed E-state index contributed by atoms with van der Waals surface area (Å²) in [7, 11) is 0. The van der Waals surface area contributed by atoms with Crippen LogP contribution in [0.3, 0.4) is 0 Å². The second-order valence-corrected chi connectivity index (χ2v) is 12.5. The monoisotopic (exact) mass is 555 g/mol. The second kappa shape index (κ2) is 9.93. The number of carbonyl (C=O) groups excluding carboxylic acids is 2. The smallest absolute Gasteiger partial charge is 0.414 e. The fraction of sp³-hybridized carbons (Fsp3) is 0.516. The molecule has 0 saturated carbocycles. The van der Waals surface area contributed by atoms with Gasteiger partial charge in [-0.25, -0.2) is 4.99 Å². The van der Waals surface area contributed by atoms with Crippen molar-refractivity contribution >= 4 is 17.5 Å². The van der Waals surface area contributed by atoms with Crippen LogP contribution in [-0.4, -0.2) is 59.7 Å². The Balaban J connectivity index is 1.25. The number of aryl methyl sites for hydroxylation is 1. The van der Waals surface area contributed by atoms with Crippen molar-refractivity contribution in [3.63, 3.8) is 0 Å². The molecule has 1 aliphatic carbocycles. The number of amidine groups is 1. The zero-order chi connectivity index (χ0) is 29.0. The van der Waals surface area contributed by atoms with E-state index < -0.39 is 24.0 Å². The SMILES string of the molecule is Cc1cc2c(cc1Cc1ccc(C(=O)N3CCN(C4=NC=C(C(F)(F)F)CC4=O)CC3)o1)C(C)(C)CCC2(C)C. The first-order valence-electron chi connectivity index (χ1n) is 13.8. The van der Waals surface area contributed by atoms with Crippen LogP contribution in [0, 0.1) is 6.92 Å². The highest BCUT2D eigenvalue weighted by Crippen LogP contribution is 2.46. The van der Waals surface area contributed by atoms with Gasteiger partial charge in [-0.1, -0.05) is 39.8 Å². The molecule has 3 heterocycles. The van der Waals surface area contributed by atoms with Crippen molar-refractivity contribution in [3.8, 4) is 0 Å². The van der Waals surface area contributed by atoms with E-state index in [-0.39, 0.29) is 28.3 Å². The van der Waals surface area contributed by atoms with E-state index in [1.807, 2.05) is 6.07 Å². The Bertz CT molecular complexity index is 1410. The quantitative estimate of drug-likeness (QED) is 0.459. The van der Waals surface area contributed by atoms with Crippen LogP contribution in [-0.2, 0) is 22.0 Å². The van der Waals surface area contributed by atoms with Crippen molar-refractivity contribution in [3.05, 3.63) is 69.8 Å². The molecule has 9 heteroatoms. The summed E-state index contributed by atoms with van der Waals surface area (Å²) in [6, 6.07) is 8.18. The number of halogens is 3. The molecule has 1 amide bonds. The van der Waals surface area contributed by atoms with Gasteiger partial charge in [0.25, 0.3) is 5.91 Å². The van der Waals surface area contributed by atoms with Crippen molar-refractivity contribution in [2.75, 3.05) is 26.2 Å². The number of carbonyl (C=O) groups is 2. The minimum Gasteiger partial charge on any atom is -0.456 e. The molecule has 2 aliphatic heterocycles. The van der Waals surface area contributed by atoms with E-state index >= 15 is 0 Å². The molecule has 0 N–H and O–H groups in total. The number of rotatable bonds is 3. The summed E-state index contributed by atoms with van der Waals surface area (Å²) in [5.74, 6) is 0.0888. The predicted octanol–water partition coefficient (Wildman–Crippen LogP) is 6.10. The van der Waals surface area contributed by atoms with Crippen molar-refractivity contribution in [2.24, 2.45) is 4.99 Å². The van der Waals surface area contributed by atoms with E-state index in [2.05, 4.69) is 51.7 Å². The van der Waals surface area contributed by atoms with Gasteiger partial charge in [-0.3, -0.25) is 9.59 Å². The molecule has 0 radical (unpaired) electrons. The molecule has 5 rings (SSSR count). The lowest BCUT2D eigenvalue weighted by Gasteiger charge is -2.42. The number of piperazine rings is 1. The number of hydrogen-bond donors (Lipinski definition) is 0. The van der Waals surface area contributed by atoms with Crippen LogP contribution in [0.25, 0.3) is 0 Å². The van der Waals surface area contributed by atoms with Crippen LogP contribution in [0.4, 0.5) is 13.2 Å². The van der Waals surface area contributed by atoms with Crippen molar-refractivity contribution in [1.82, 2.24) is 9.80 Å². The van der Waals surface area contributed by atoms with Crippen LogP contribution < -0.4 is 0 Å². The maximum Gasteiger partial charge on any atom is 0.414 e. The van der Waals surface area contributed by atoms with E-state index in [0.29, 0.717) is 38.4 Å². The minimum absolute atomic E-state index is 0.0207. The van der Waals surface area contributed by atoms with Gasteiger partial charge >= 0.3 is 6.18 Å². The molecule has 6 nitrogen and oxygen atoms in total. The number of amides is 1. The maximum absolute atomic E-state index is 13.2. The fourth-order valence-corrected chi connectivity index (χ4v) is 5.95. The van der Waals surface area contributed by atoms with Crippen molar-refractivity contribution < 1.29 is 27.2 Å². The number of alkyl halides is 3. The van der Waals surface area contributed by atoms with Crippen molar-refractivity contribution in [1.29, 1.82) is 0 Å². The van der Waals surface area contributed by atoms with E-state index in [9.17, 15) is 22.8 Å². The third-order valence-corrected chi connectivity index (χ3v) is 8.72. The normalized spacial score (nSPS) is 20.6. The van der Waals surface area contributed by atoms with Crippen LogP contribution >= 0.6 is 0 Å². The highest BCUT2D eigenvalue weighted by molar-refractivity contribution is 6.40. The standard InChI is InChI=1S/C31H36F3N3O3/c1-19-14-23-24(30(4,5)9-8-29(23,2)3)16-20(19)15-22-6-7-26(40-22)28(39)37-12-10-36(11-13-37)27-25(38)17-21(18-35-27)31(32,33)34/h6-7,14,16,18H,8-13,15,17H2,1-5H3. The first-order chi connectivity index (χ1) is 18.7. The Morgan fingerprint density at radius 2 is 1.62 bits per heavy atom. The molecule has 0 spiro atoms. The lowest BCUT2D eigenvalue weighted by atomic mass is 9.62.